The number of aromatic amines is 1. The molecule has 0 saturated heterocycles. The van der Waals surface area contributed by atoms with Gasteiger partial charge < -0.3 is 10.1 Å². The number of carbonyl (C=O) groups is 2. The highest BCUT2D eigenvalue weighted by Crippen LogP contribution is 2.30. The van der Waals surface area contributed by atoms with Crippen molar-refractivity contribution >= 4 is 28.3 Å². The van der Waals surface area contributed by atoms with Gasteiger partial charge in [0.15, 0.2) is 12.3 Å². The van der Waals surface area contributed by atoms with Crippen molar-refractivity contribution < 1.29 is 27.5 Å². The van der Waals surface area contributed by atoms with Gasteiger partial charge in [-0.1, -0.05) is 24.3 Å². The standard InChI is InChI=1S/C18H12F3N3O4/c19-18(20,21)10-4-3-5-11(8-10)22-14(25)9-28-17(27)15-12-6-1-2-7-13(12)16(26)24-23-15/h1-8H,9H2,(H,22,25)(H,24,26). The van der Waals surface area contributed by atoms with Crippen LogP contribution in [-0.2, 0) is 15.7 Å². The van der Waals surface area contributed by atoms with Gasteiger partial charge in [-0.15, -0.1) is 0 Å². The first kappa shape index (κ1) is 19.1. The second kappa shape index (κ2) is 7.51. The topological polar surface area (TPSA) is 101 Å². The van der Waals surface area contributed by atoms with Gasteiger partial charge in [0.2, 0.25) is 0 Å². The molecule has 144 valence electrons. The number of amides is 1. The van der Waals surface area contributed by atoms with E-state index < -0.39 is 35.8 Å². The Kier molecular flexibility index (Phi) is 5.12. The highest BCUT2D eigenvalue weighted by Gasteiger charge is 2.30. The molecule has 0 aliphatic heterocycles. The number of hydrogen-bond donors (Lipinski definition) is 2. The number of carbonyl (C=O) groups excluding carboxylic acids is 2. The minimum absolute atomic E-state index is 0.0940. The molecule has 0 spiro atoms. The van der Waals surface area contributed by atoms with E-state index >= 15 is 0 Å². The quantitative estimate of drug-likeness (QED) is 0.666. The smallest absolute Gasteiger partial charge is 0.416 e. The van der Waals surface area contributed by atoms with Crippen LogP contribution < -0.4 is 10.9 Å². The van der Waals surface area contributed by atoms with Crippen molar-refractivity contribution in [3.8, 4) is 0 Å². The van der Waals surface area contributed by atoms with Crippen LogP contribution in [-0.4, -0.2) is 28.7 Å². The number of benzene rings is 2. The molecule has 1 heterocycles. The Morgan fingerprint density at radius 3 is 2.50 bits per heavy atom. The number of halogens is 3. The van der Waals surface area contributed by atoms with E-state index in [-0.39, 0.29) is 22.2 Å². The second-order valence-corrected chi connectivity index (χ2v) is 5.65. The molecular weight excluding hydrogens is 379 g/mol. The molecule has 0 unspecified atom stereocenters. The number of anilines is 1. The van der Waals surface area contributed by atoms with Gasteiger partial charge in [-0.25, -0.2) is 9.89 Å². The zero-order chi connectivity index (χ0) is 20.3. The lowest BCUT2D eigenvalue weighted by Gasteiger charge is -2.10. The van der Waals surface area contributed by atoms with Gasteiger partial charge in [0.25, 0.3) is 11.5 Å². The van der Waals surface area contributed by atoms with Crippen LogP contribution >= 0.6 is 0 Å². The van der Waals surface area contributed by atoms with Crippen molar-refractivity contribution in [2.24, 2.45) is 0 Å². The van der Waals surface area contributed by atoms with E-state index in [1.807, 2.05) is 0 Å². The van der Waals surface area contributed by atoms with Crippen molar-refractivity contribution in [2.45, 2.75) is 6.18 Å². The van der Waals surface area contributed by atoms with Gasteiger partial charge in [-0.3, -0.25) is 9.59 Å². The Hall–Kier alpha value is -3.69. The van der Waals surface area contributed by atoms with Gasteiger partial charge in [-0.05, 0) is 24.3 Å². The number of H-pyrrole nitrogens is 1. The fraction of sp³-hybridized carbons (Fsp3) is 0.111. The molecule has 0 aliphatic rings. The number of hydrogen-bond acceptors (Lipinski definition) is 5. The second-order valence-electron chi connectivity index (χ2n) is 5.65. The summed E-state index contributed by atoms with van der Waals surface area (Å²) in [5.74, 6) is -1.80. The van der Waals surface area contributed by atoms with Crippen LogP contribution in [0.25, 0.3) is 10.8 Å². The van der Waals surface area contributed by atoms with Crippen LogP contribution in [0.3, 0.4) is 0 Å². The molecule has 10 heteroatoms. The van der Waals surface area contributed by atoms with Gasteiger partial charge in [0, 0.05) is 11.1 Å². The largest absolute Gasteiger partial charge is 0.451 e. The normalized spacial score (nSPS) is 11.2. The van der Waals surface area contributed by atoms with Crippen molar-refractivity contribution in [1.29, 1.82) is 0 Å². The number of aromatic nitrogens is 2. The summed E-state index contributed by atoms with van der Waals surface area (Å²) in [6.07, 6.45) is -4.55. The third kappa shape index (κ3) is 4.17. The van der Waals surface area contributed by atoms with E-state index in [1.54, 1.807) is 12.1 Å². The fourth-order valence-electron chi connectivity index (χ4n) is 2.44. The van der Waals surface area contributed by atoms with Crippen LogP contribution in [0.1, 0.15) is 16.1 Å². The van der Waals surface area contributed by atoms with E-state index in [0.717, 1.165) is 18.2 Å². The number of rotatable bonds is 4. The Morgan fingerprint density at radius 2 is 1.79 bits per heavy atom. The predicted molar refractivity (Wildman–Crippen MR) is 92.7 cm³/mol. The number of nitrogens with zero attached hydrogens (tertiary/aromatic N) is 1. The molecule has 1 aromatic heterocycles. The molecule has 3 rings (SSSR count). The number of nitrogens with one attached hydrogen (secondary N) is 2. The summed E-state index contributed by atoms with van der Waals surface area (Å²) < 4.78 is 42.9. The zero-order valence-corrected chi connectivity index (χ0v) is 14.0. The van der Waals surface area contributed by atoms with Crippen LogP contribution in [0.2, 0.25) is 0 Å². The highest BCUT2D eigenvalue weighted by atomic mass is 19.4. The molecule has 0 bridgehead atoms. The van der Waals surface area contributed by atoms with Crippen LogP contribution in [0.15, 0.2) is 53.3 Å². The summed E-state index contributed by atoms with van der Waals surface area (Å²) in [7, 11) is 0. The average molecular weight is 391 g/mol. The highest BCUT2D eigenvalue weighted by molar-refractivity contribution is 6.03. The molecule has 0 radical (unpaired) electrons. The van der Waals surface area contributed by atoms with Crippen molar-refractivity contribution in [3.63, 3.8) is 0 Å². The van der Waals surface area contributed by atoms with Gasteiger partial charge >= 0.3 is 12.1 Å². The molecule has 0 atom stereocenters. The molecule has 7 nitrogen and oxygen atoms in total. The minimum Gasteiger partial charge on any atom is -0.451 e. The lowest BCUT2D eigenvalue weighted by Crippen LogP contribution is -2.23. The molecule has 0 saturated carbocycles. The maximum Gasteiger partial charge on any atom is 0.416 e. The molecule has 1 amide bonds. The van der Waals surface area contributed by atoms with E-state index in [0.29, 0.717) is 0 Å². The van der Waals surface area contributed by atoms with Gasteiger partial charge in [-0.2, -0.15) is 18.3 Å². The maximum atomic E-state index is 12.7. The summed E-state index contributed by atoms with van der Waals surface area (Å²) in [6, 6.07) is 10.2. The van der Waals surface area contributed by atoms with Crippen LogP contribution in [0.5, 0.6) is 0 Å². The lowest BCUT2D eigenvalue weighted by atomic mass is 10.1. The van der Waals surface area contributed by atoms with Crippen molar-refractivity contribution in [2.75, 3.05) is 11.9 Å². The van der Waals surface area contributed by atoms with Crippen LogP contribution in [0.4, 0.5) is 18.9 Å². The Balaban J connectivity index is 1.68. The van der Waals surface area contributed by atoms with Crippen molar-refractivity contribution in [1.82, 2.24) is 10.2 Å². The molecular formula is C18H12F3N3O4. The Bertz CT molecular complexity index is 1110. The first-order chi connectivity index (χ1) is 13.3. The van der Waals surface area contributed by atoms with Gasteiger partial charge in [0.05, 0.1) is 10.9 Å². The van der Waals surface area contributed by atoms with Crippen molar-refractivity contribution in [3.05, 3.63) is 70.1 Å². The number of alkyl halides is 3. The summed E-state index contributed by atoms with van der Waals surface area (Å²) in [6.45, 7) is -0.746. The Morgan fingerprint density at radius 1 is 1.07 bits per heavy atom. The zero-order valence-electron chi connectivity index (χ0n) is 14.0. The minimum atomic E-state index is -4.55. The molecule has 0 fully saturated rings. The molecule has 28 heavy (non-hydrogen) atoms. The fourth-order valence-corrected chi connectivity index (χ4v) is 2.44. The third-order valence-electron chi connectivity index (χ3n) is 3.70. The Labute approximate surface area is 155 Å². The summed E-state index contributed by atoms with van der Waals surface area (Å²) >= 11 is 0. The lowest BCUT2D eigenvalue weighted by molar-refractivity contribution is -0.137. The van der Waals surface area contributed by atoms with Crippen LogP contribution in [0, 0.1) is 0 Å². The average Bonchev–Trinajstić information content (AvgIpc) is 2.66. The van der Waals surface area contributed by atoms with E-state index in [2.05, 4.69) is 15.5 Å². The van der Waals surface area contributed by atoms with E-state index in [4.69, 9.17) is 4.74 Å². The SMILES string of the molecule is O=C(COC(=O)c1n[nH]c(=O)c2ccccc12)Nc1cccc(C(F)(F)F)c1. The number of esters is 1. The number of ether oxygens (including phenoxy) is 1. The molecule has 2 N–H and O–H groups in total. The first-order valence-corrected chi connectivity index (χ1v) is 7.87. The summed E-state index contributed by atoms with van der Waals surface area (Å²) in [4.78, 5) is 35.8. The molecule has 0 aliphatic carbocycles. The van der Waals surface area contributed by atoms with E-state index in [1.165, 1.54) is 18.2 Å². The monoisotopic (exact) mass is 391 g/mol. The maximum absolute atomic E-state index is 12.7. The summed E-state index contributed by atoms with van der Waals surface area (Å²) in [5.41, 5.74) is -1.70. The van der Waals surface area contributed by atoms with Gasteiger partial charge in [0.1, 0.15) is 0 Å². The number of fused-ring (bicyclic) bond motifs is 1. The molecule has 2 aromatic carbocycles. The summed E-state index contributed by atoms with van der Waals surface area (Å²) in [5, 5.41) is 8.47. The predicted octanol–water partition coefficient (Wildman–Crippen LogP) is 2.74. The van der Waals surface area contributed by atoms with E-state index in [9.17, 15) is 27.6 Å². The first-order valence-electron chi connectivity index (χ1n) is 7.87. The third-order valence-corrected chi connectivity index (χ3v) is 3.70. The molecule has 3 aromatic rings.